The largest absolute Gasteiger partial charge is 0.315 e. The second-order valence-electron chi connectivity index (χ2n) is 1.95. The molecule has 0 saturated heterocycles. The number of nitrogens with one attached hydrogen (secondary N) is 1. The number of carbonyl (C=O) groups is 1. The summed E-state index contributed by atoms with van der Waals surface area (Å²) in [4.78, 5) is 12.2. The average Bonchev–Trinajstić information content (AvgIpc) is 2.37. The highest BCUT2D eigenvalue weighted by Crippen LogP contribution is 2.13. The van der Waals surface area contributed by atoms with Gasteiger partial charge in [-0.3, -0.25) is 4.79 Å². The zero-order chi connectivity index (χ0) is 7.40. The molecule has 10 heavy (non-hydrogen) atoms. The molecule has 0 unspecified atom stereocenters. The van der Waals surface area contributed by atoms with Crippen LogP contribution in [0.1, 0.15) is 14.5 Å². The minimum atomic E-state index is 0.797. The SMILES string of the molecule is CNCc1ccc(C=O)s1. The third-order valence-corrected chi connectivity index (χ3v) is 2.16. The van der Waals surface area contributed by atoms with Gasteiger partial charge in [0.05, 0.1) is 4.88 Å². The van der Waals surface area contributed by atoms with Crippen molar-refractivity contribution in [2.75, 3.05) is 7.05 Å². The van der Waals surface area contributed by atoms with Gasteiger partial charge in [0.1, 0.15) is 0 Å². The molecule has 1 aromatic rings. The van der Waals surface area contributed by atoms with Crippen LogP contribution in [-0.4, -0.2) is 13.3 Å². The number of hydrogen-bond donors (Lipinski definition) is 1. The smallest absolute Gasteiger partial charge is 0.160 e. The van der Waals surface area contributed by atoms with Crippen LogP contribution in [0.3, 0.4) is 0 Å². The van der Waals surface area contributed by atoms with E-state index in [1.165, 1.54) is 16.2 Å². The topological polar surface area (TPSA) is 29.1 Å². The molecule has 0 amide bonds. The first-order valence-electron chi connectivity index (χ1n) is 3.05. The van der Waals surface area contributed by atoms with Gasteiger partial charge in [-0.25, -0.2) is 0 Å². The molecule has 0 aliphatic carbocycles. The molecule has 0 radical (unpaired) electrons. The number of carbonyl (C=O) groups excluding carboxylic acids is 1. The second-order valence-corrected chi connectivity index (χ2v) is 3.15. The molecule has 0 fully saturated rings. The number of thiophene rings is 1. The molecule has 54 valence electrons. The van der Waals surface area contributed by atoms with Crippen LogP contribution >= 0.6 is 11.3 Å². The third-order valence-electron chi connectivity index (χ3n) is 1.15. The maximum absolute atomic E-state index is 10.2. The van der Waals surface area contributed by atoms with E-state index >= 15 is 0 Å². The van der Waals surface area contributed by atoms with Crippen molar-refractivity contribution in [1.82, 2.24) is 5.32 Å². The first-order valence-corrected chi connectivity index (χ1v) is 3.87. The highest BCUT2D eigenvalue weighted by atomic mass is 32.1. The monoisotopic (exact) mass is 155 g/mol. The maximum Gasteiger partial charge on any atom is 0.160 e. The van der Waals surface area contributed by atoms with E-state index in [1.54, 1.807) is 0 Å². The number of hydrogen-bond acceptors (Lipinski definition) is 3. The van der Waals surface area contributed by atoms with Crippen LogP contribution in [0.5, 0.6) is 0 Å². The molecule has 0 saturated carbocycles. The van der Waals surface area contributed by atoms with Crippen molar-refractivity contribution in [3.8, 4) is 0 Å². The van der Waals surface area contributed by atoms with Gasteiger partial charge in [0.25, 0.3) is 0 Å². The lowest BCUT2D eigenvalue weighted by molar-refractivity contribution is 0.112. The van der Waals surface area contributed by atoms with E-state index in [0.29, 0.717) is 0 Å². The molecule has 0 aromatic carbocycles. The molecule has 3 heteroatoms. The van der Waals surface area contributed by atoms with E-state index in [1.807, 2.05) is 19.2 Å². The Hall–Kier alpha value is -0.670. The van der Waals surface area contributed by atoms with E-state index in [2.05, 4.69) is 5.32 Å². The van der Waals surface area contributed by atoms with Crippen molar-refractivity contribution < 1.29 is 4.79 Å². The summed E-state index contributed by atoms with van der Waals surface area (Å²) >= 11 is 1.53. The Morgan fingerprint density at radius 3 is 3.00 bits per heavy atom. The molecule has 0 spiro atoms. The summed E-state index contributed by atoms with van der Waals surface area (Å²) < 4.78 is 0. The normalized spacial score (nSPS) is 9.70. The quantitative estimate of drug-likeness (QED) is 0.666. The Morgan fingerprint density at radius 2 is 2.50 bits per heavy atom. The van der Waals surface area contributed by atoms with Gasteiger partial charge in [0.2, 0.25) is 0 Å². The molecule has 1 rings (SSSR count). The van der Waals surface area contributed by atoms with E-state index < -0.39 is 0 Å². The lowest BCUT2D eigenvalue weighted by atomic mass is 10.4. The summed E-state index contributed by atoms with van der Waals surface area (Å²) in [5.74, 6) is 0. The summed E-state index contributed by atoms with van der Waals surface area (Å²) in [6, 6.07) is 3.80. The molecule has 0 bridgehead atoms. The summed E-state index contributed by atoms with van der Waals surface area (Å²) in [5, 5.41) is 3.02. The molecule has 2 nitrogen and oxygen atoms in total. The van der Waals surface area contributed by atoms with Crippen LogP contribution < -0.4 is 5.32 Å². The standard InChI is InChI=1S/C7H9NOS/c1-8-4-6-2-3-7(5-9)10-6/h2-3,5,8H,4H2,1H3. The van der Waals surface area contributed by atoms with Gasteiger partial charge in [-0.1, -0.05) is 0 Å². The van der Waals surface area contributed by atoms with Gasteiger partial charge in [-0.15, -0.1) is 11.3 Å². The van der Waals surface area contributed by atoms with E-state index in [-0.39, 0.29) is 0 Å². The average molecular weight is 155 g/mol. The van der Waals surface area contributed by atoms with Gasteiger partial charge in [-0.05, 0) is 19.2 Å². The van der Waals surface area contributed by atoms with Crippen LogP contribution in [0.2, 0.25) is 0 Å². The van der Waals surface area contributed by atoms with Gasteiger partial charge < -0.3 is 5.32 Å². The van der Waals surface area contributed by atoms with E-state index in [0.717, 1.165) is 17.7 Å². The fraction of sp³-hybridized carbons (Fsp3) is 0.286. The fourth-order valence-corrected chi connectivity index (χ4v) is 1.57. The Morgan fingerprint density at radius 1 is 1.70 bits per heavy atom. The molecular formula is C7H9NOS. The third kappa shape index (κ3) is 1.65. The van der Waals surface area contributed by atoms with E-state index in [4.69, 9.17) is 0 Å². The fourth-order valence-electron chi connectivity index (χ4n) is 0.727. The Bertz CT molecular complexity index is 219. The van der Waals surface area contributed by atoms with Crippen LogP contribution in [0.4, 0.5) is 0 Å². The Balaban J connectivity index is 2.68. The van der Waals surface area contributed by atoms with Crippen molar-refractivity contribution in [2.24, 2.45) is 0 Å². The van der Waals surface area contributed by atoms with Gasteiger partial charge in [-0.2, -0.15) is 0 Å². The molecule has 0 atom stereocenters. The number of aldehydes is 1. The van der Waals surface area contributed by atoms with Crippen molar-refractivity contribution in [1.29, 1.82) is 0 Å². The molecule has 1 N–H and O–H groups in total. The minimum Gasteiger partial charge on any atom is -0.315 e. The Labute approximate surface area is 63.9 Å². The summed E-state index contributed by atoms with van der Waals surface area (Å²) in [5.41, 5.74) is 0. The molecule has 1 aromatic heterocycles. The van der Waals surface area contributed by atoms with Crippen LogP contribution in [0.15, 0.2) is 12.1 Å². The lowest BCUT2D eigenvalue weighted by Gasteiger charge is -1.89. The molecule has 0 aliphatic rings. The Kier molecular flexibility index (Phi) is 2.59. The van der Waals surface area contributed by atoms with Gasteiger partial charge in [0, 0.05) is 11.4 Å². The predicted octanol–water partition coefficient (Wildman–Crippen LogP) is 1.28. The van der Waals surface area contributed by atoms with Gasteiger partial charge in [0.15, 0.2) is 6.29 Å². The van der Waals surface area contributed by atoms with Gasteiger partial charge >= 0.3 is 0 Å². The van der Waals surface area contributed by atoms with Crippen molar-refractivity contribution >= 4 is 17.6 Å². The minimum absolute atomic E-state index is 0.797. The molecule has 0 aliphatic heterocycles. The summed E-state index contributed by atoms with van der Waals surface area (Å²) in [7, 11) is 1.89. The number of rotatable bonds is 3. The lowest BCUT2D eigenvalue weighted by Crippen LogP contribution is -2.02. The highest BCUT2D eigenvalue weighted by molar-refractivity contribution is 7.13. The van der Waals surface area contributed by atoms with Crippen molar-refractivity contribution in [3.63, 3.8) is 0 Å². The molecule has 1 heterocycles. The van der Waals surface area contributed by atoms with Crippen LogP contribution in [0.25, 0.3) is 0 Å². The van der Waals surface area contributed by atoms with Crippen molar-refractivity contribution in [3.05, 3.63) is 21.9 Å². The molecular weight excluding hydrogens is 146 g/mol. The first-order chi connectivity index (χ1) is 4.86. The summed E-state index contributed by atoms with van der Waals surface area (Å²) in [6.07, 6.45) is 0.879. The first kappa shape index (κ1) is 7.44. The maximum atomic E-state index is 10.2. The zero-order valence-electron chi connectivity index (χ0n) is 5.76. The highest BCUT2D eigenvalue weighted by Gasteiger charge is 1.95. The zero-order valence-corrected chi connectivity index (χ0v) is 6.57. The van der Waals surface area contributed by atoms with Crippen LogP contribution in [0, 0.1) is 0 Å². The van der Waals surface area contributed by atoms with Crippen molar-refractivity contribution in [2.45, 2.75) is 6.54 Å². The second kappa shape index (κ2) is 3.49. The summed E-state index contributed by atoms with van der Waals surface area (Å²) in [6.45, 7) is 0.846. The van der Waals surface area contributed by atoms with Crippen LogP contribution in [-0.2, 0) is 6.54 Å². The van der Waals surface area contributed by atoms with E-state index in [9.17, 15) is 4.79 Å². The predicted molar refractivity (Wildman–Crippen MR) is 42.5 cm³/mol.